The summed E-state index contributed by atoms with van der Waals surface area (Å²) in [6.07, 6.45) is 3.69. The molecule has 0 spiro atoms. The van der Waals surface area contributed by atoms with Gasteiger partial charge in [-0.2, -0.15) is 0 Å². The molecule has 1 aliphatic rings. The summed E-state index contributed by atoms with van der Waals surface area (Å²) in [7, 11) is -9.75. The van der Waals surface area contributed by atoms with Gasteiger partial charge in [0.05, 0.1) is 12.2 Å². The Hall–Kier alpha value is -0.572. The Morgan fingerprint density at radius 2 is 1.53 bits per heavy atom. The number of ether oxygens (including phenoxy) is 2. The maximum Gasteiger partial charge on any atom is 0.339 e. The minimum absolute atomic E-state index is 0.251. The maximum atomic E-state index is 12.7. The van der Waals surface area contributed by atoms with E-state index in [-0.39, 0.29) is 12.2 Å². The molecule has 1 aliphatic heterocycles. The van der Waals surface area contributed by atoms with Crippen LogP contribution in [0, 0.1) is 0 Å². The van der Waals surface area contributed by atoms with Gasteiger partial charge in [0, 0.05) is 12.2 Å². The van der Waals surface area contributed by atoms with Crippen LogP contribution in [0.2, 0.25) is 51.9 Å². The van der Waals surface area contributed by atoms with Gasteiger partial charge in [0.25, 0.3) is 7.83 Å². The van der Waals surface area contributed by atoms with Crippen molar-refractivity contribution in [3.8, 4) is 0 Å². The molecule has 1 rings (SSSR count). The van der Waals surface area contributed by atoms with Crippen LogP contribution in [0.1, 0.15) is 40.5 Å². The van der Waals surface area contributed by atoms with E-state index >= 15 is 0 Å². The van der Waals surface area contributed by atoms with Gasteiger partial charge in [-0.25, -0.2) is 9.59 Å². The summed E-state index contributed by atoms with van der Waals surface area (Å²) in [5.41, 5.74) is -0.732. The highest BCUT2D eigenvalue weighted by molar-refractivity contribution is 7.37. The third-order valence-corrected chi connectivity index (χ3v) is 26.5. The lowest BCUT2D eigenvalue weighted by Gasteiger charge is -2.57. The standard InChI is InChI=1S/C21H44O7Si4/c1-12-20(25-19(23)15-14-18(22)24-13-2)32(28-30(8,9)10)17-16-21(3,4)26-31(32,11)27-29(5,6)7/h14-15,20H,12-13,16-17H2,1-11H3. The molecule has 32 heavy (non-hydrogen) atoms. The highest BCUT2D eigenvalue weighted by Gasteiger charge is 2.69. The normalized spacial score (nSPS) is 27.2. The van der Waals surface area contributed by atoms with E-state index in [2.05, 4.69) is 59.7 Å². The molecule has 186 valence electrons. The fourth-order valence-corrected chi connectivity index (χ4v) is 34.9. The molecule has 3 atom stereocenters. The first kappa shape index (κ1) is 29.5. The van der Waals surface area contributed by atoms with Gasteiger partial charge in [-0.15, -0.1) is 0 Å². The third-order valence-electron chi connectivity index (χ3n) is 5.12. The van der Waals surface area contributed by atoms with Gasteiger partial charge in [-0.05, 0) is 85.5 Å². The second-order valence-corrected chi connectivity index (χ2v) is 31.4. The molecule has 0 aromatic carbocycles. The van der Waals surface area contributed by atoms with Gasteiger partial charge in [-0.3, -0.25) is 0 Å². The zero-order valence-corrected chi connectivity index (χ0v) is 25.9. The lowest BCUT2D eigenvalue weighted by molar-refractivity contribution is -0.142. The van der Waals surface area contributed by atoms with Crippen LogP contribution in [0.3, 0.4) is 0 Å². The second kappa shape index (κ2) is 10.8. The van der Waals surface area contributed by atoms with Crippen molar-refractivity contribution < 1.29 is 31.7 Å². The Morgan fingerprint density at radius 3 is 2.00 bits per heavy atom. The zero-order chi connectivity index (χ0) is 25.0. The van der Waals surface area contributed by atoms with Crippen molar-refractivity contribution in [1.82, 2.24) is 0 Å². The molecule has 0 aromatic heterocycles. The molecule has 0 bridgehead atoms. The van der Waals surface area contributed by atoms with E-state index < -0.39 is 50.2 Å². The van der Waals surface area contributed by atoms with E-state index in [1.807, 2.05) is 6.92 Å². The van der Waals surface area contributed by atoms with E-state index in [4.69, 9.17) is 22.1 Å². The Kier molecular flexibility index (Phi) is 9.93. The summed E-state index contributed by atoms with van der Waals surface area (Å²) < 4.78 is 31.6. The van der Waals surface area contributed by atoms with Gasteiger partial charge in [0.1, 0.15) is 5.73 Å². The highest BCUT2D eigenvalue weighted by Crippen LogP contribution is 2.45. The van der Waals surface area contributed by atoms with Crippen LogP contribution in [0.25, 0.3) is 0 Å². The lowest BCUT2D eigenvalue weighted by atomic mass is 10.1. The summed E-state index contributed by atoms with van der Waals surface area (Å²) in [5, 5.41) is 0. The summed E-state index contributed by atoms with van der Waals surface area (Å²) in [4.78, 5) is 24.3. The largest absolute Gasteiger partial charge is 0.463 e. The van der Waals surface area contributed by atoms with Crippen LogP contribution < -0.4 is 0 Å². The van der Waals surface area contributed by atoms with Crippen molar-refractivity contribution in [3.63, 3.8) is 0 Å². The first-order valence-electron chi connectivity index (χ1n) is 11.5. The van der Waals surface area contributed by atoms with Crippen LogP contribution in [-0.4, -0.2) is 62.4 Å². The Labute approximate surface area is 198 Å². The smallest absolute Gasteiger partial charge is 0.339 e. The average molecular weight is 521 g/mol. The van der Waals surface area contributed by atoms with E-state index in [9.17, 15) is 9.59 Å². The minimum atomic E-state index is -2.89. The molecule has 0 aliphatic carbocycles. The second-order valence-electron chi connectivity index (χ2n) is 11.0. The van der Waals surface area contributed by atoms with Crippen LogP contribution in [0.15, 0.2) is 12.2 Å². The topological polar surface area (TPSA) is 80.3 Å². The van der Waals surface area contributed by atoms with Crippen LogP contribution in [-0.2, 0) is 31.7 Å². The number of hydrogen-bond acceptors (Lipinski definition) is 7. The van der Waals surface area contributed by atoms with Crippen LogP contribution >= 0.6 is 0 Å². The van der Waals surface area contributed by atoms with E-state index in [0.717, 1.165) is 24.6 Å². The SMILES string of the molecule is CCOC(=O)C=CC(=O)OC(CC)[Si]1(O[Si](C)(C)C)CCC(C)(C)O[Si]1(C)O[Si](C)(C)C. The van der Waals surface area contributed by atoms with E-state index in [0.29, 0.717) is 6.42 Å². The average Bonchev–Trinajstić information content (AvgIpc) is 2.57. The summed E-state index contributed by atoms with van der Waals surface area (Å²) in [6, 6.07) is 0.824. The molecule has 0 aromatic rings. The predicted molar refractivity (Wildman–Crippen MR) is 137 cm³/mol. The molecule has 1 saturated heterocycles. The number of esters is 2. The van der Waals surface area contributed by atoms with Crippen molar-refractivity contribution in [1.29, 1.82) is 0 Å². The quantitative estimate of drug-likeness (QED) is 0.229. The Balaban J connectivity index is 3.45. The predicted octanol–water partition coefficient (Wildman–Crippen LogP) is 4.96. The van der Waals surface area contributed by atoms with Crippen molar-refractivity contribution in [2.45, 2.75) is 104 Å². The fourth-order valence-electron chi connectivity index (χ4n) is 4.29. The van der Waals surface area contributed by atoms with Gasteiger partial charge in [-0.1, -0.05) is 6.92 Å². The number of rotatable bonds is 10. The Bertz CT molecular complexity index is 695. The first-order chi connectivity index (χ1) is 14.4. The molecular formula is C21H44O7Si4. The van der Waals surface area contributed by atoms with Crippen molar-refractivity contribution in [2.24, 2.45) is 0 Å². The molecule has 1 heterocycles. The molecule has 11 heteroatoms. The molecule has 0 saturated carbocycles. The minimum Gasteiger partial charge on any atom is -0.463 e. The fraction of sp³-hybridized carbons (Fsp3) is 0.810. The molecule has 0 radical (unpaired) electrons. The molecule has 7 nitrogen and oxygen atoms in total. The van der Waals surface area contributed by atoms with Gasteiger partial charge >= 0.3 is 20.0 Å². The van der Waals surface area contributed by atoms with Crippen LogP contribution in [0.5, 0.6) is 0 Å². The lowest BCUT2D eigenvalue weighted by Crippen LogP contribution is -2.80. The van der Waals surface area contributed by atoms with E-state index in [1.165, 1.54) is 0 Å². The summed E-state index contributed by atoms with van der Waals surface area (Å²) in [5.74, 6) is -1.13. The van der Waals surface area contributed by atoms with Gasteiger partial charge < -0.3 is 22.1 Å². The number of hydrogen-bond donors (Lipinski definition) is 0. The Morgan fingerprint density at radius 1 is 1.00 bits per heavy atom. The molecular weight excluding hydrogens is 477 g/mol. The van der Waals surface area contributed by atoms with Crippen molar-refractivity contribution in [2.75, 3.05) is 6.61 Å². The van der Waals surface area contributed by atoms with Crippen molar-refractivity contribution >= 4 is 44.5 Å². The number of carbonyl (C=O) groups is 2. The summed E-state index contributed by atoms with van der Waals surface area (Å²) >= 11 is 0. The van der Waals surface area contributed by atoms with Crippen LogP contribution in [0.4, 0.5) is 0 Å². The third kappa shape index (κ3) is 8.33. The van der Waals surface area contributed by atoms with Crippen molar-refractivity contribution in [3.05, 3.63) is 12.2 Å². The maximum absolute atomic E-state index is 12.7. The number of carbonyl (C=O) groups excluding carboxylic acids is 2. The van der Waals surface area contributed by atoms with Gasteiger partial charge in [0.15, 0.2) is 16.6 Å². The molecule has 1 fully saturated rings. The molecule has 0 amide bonds. The zero-order valence-electron chi connectivity index (χ0n) is 21.9. The molecule has 3 unspecified atom stereocenters. The first-order valence-corrected chi connectivity index (χ1v) is 23.9. The summed E-state index contributed by atoms with van der Waals surface area (Å²) in [6.45, 7) is 23.3. The monoisotopic (exact) mass is 520 g/mol. The highest BCUT2D eigenvalue weighted by atomic mass is 29.3. The van der Waals surface area contributed by atoms with Gasteiger partial charge in [0.2, 0.25) is 0 Å². The van der Waals surface area contributed by atoms with E-state index in [1.54, 1.807) is 6.92 Å². The molecule has 0 N–H and O–H groups in total.